The van der Waals surface area contributed by atoms with E-state index in [1.54, 1.807) is 11.3 Å². The van der Waals surface area contributed by atoms with Crippen LogP contribution in [-0.4, -0.2) is 30.9 Å². The molecule has 7 heteroatoms. The molecule has 0 aromatic carbocycles. The van der Waals surface area contributed by atoms with E-state index >= 15 is 0 Å². The van der Waals surface area contributed by atoms with Crippen molar-refractivity contribution in [1.29, 1.82) is 0 Å². The van der Waals surface area contributed by atoms with Crippen LogP contribution in [0.4, 0.5) is 0 Å². The van der Waals surface area contributed by atoms with Crippen LogP contribution in [0.25, 0.3) is 0 Å². The average molecular weight is 325 g/mol. The Morgan fingerprint density at radius 2 is 2.43 bits per heavy atom. The Morgan fingerprint density at radius 1 is 1.52 bits per heavy atom. The van der Waals surface area contributed by atoms with E-state index < -0.39 is 0 Å². The Morgan fingerprint density at radius 3 is 3.24 bits per heavy atom. The number of nitrogens with one attached hydrogen (secondary N) is 1. The van der Waals surface area contributed by atoms with Gasteiger partial charge in [-0.15, -0.1) is 16.4 Å². The van der Waals surface area contributed by atoms with Crippen LogP contribution in [0.5, 0.6) is 0 Å². The van der Waals surface area contributed by atoms with Crippen LogP contribution < -0.4 is 5.32 Å². The monoisotopic (exact) mass is 324 g/mol. The maximum absolute atomic E-state index is 6.28. The van der Waals surface area contributed by atoms with E-state index in [4.69, 9.17) is 16.3 Å². The van der Waals surface area contributed by atoms with Crippen LogP contribution in [0.1, 0.15) is 30.2 Å². The lowest BCUT2D eigenvalue weighted by Crippen LogP contribution is -2.57. The van der Waals surface area contributed by atoms with Crippen LogP contribution in [0.15, 0.2) is 21.5 Å². The third-order valence-corrected chi connectivity index (χ3v) is 6.22. The molecule has 4 rings (SSSR count). The third kappa shape index (κ3) is 2.16. The first-order chi connectivity index (χ1) is 10.1. The quantitative estimate of drug-likeness (QED) is 0.862. The maximum Gasteiger partial charge on any atom is 0.133 e. The first-order valence-corrected chi connectivity index (χ1v) is 8.43. The highest BCUT2D eigenvalue weighted by atomic mass is 35.5. The van der Waals surface area contributed by atoms with Gasteiger partial charge in [0.05, 0.1) is 17.2 Å². The highest BCUT2D eigenvalue weighted by molar-refractivity contribution is 7.16. The zero-order valence-corrected chi connectivity index (χ0v) is 13.4. The Bertz CT molecular complexity index is 616. The second kappa shape index (κ2) is 4.84. The molecule has 3 aliphatic heterocycles. The Hall–Kier alpha value is -0.820. The van der Waals surface area contributed by atoms with E-state index in [0.717, 1.165) is 36.8 Å². The average Bonchev–Trinajstić information content (AvgIpc) is 3.07. The van der Waals surface area contributed by atoms with Gasteiger partial charge in [0.2, 0.25) is 0 Å². The molecule has 0 amide bonds. The van der Waals surface area contributed by atoms with Crippen molar-refractivity contribution in [1.82, 2.24) is 5.32 Å². The van der Waals surface area contributed by atoms with Gasteiger partial charge in [0.15, 0.2) is 0 Å². The molecule has 1 N–H and O–H groups in total. The van der Waals surface area contributed by atoms with Gasteiger partial charge in [0.1, 0.15) is 11.1 Å². The molecule has 21 heavy (non-hydrogen) atoms. The summed E-state index contributed by atoms with van der Waals surface area (Å²) in [7, 11) is 0. The molecule has 1 spiro atoms. The molecule has 0 saturated carbocycles. The van der Waals surface area contributed by atoms with Crippen molar-refractivity contribution in [2.75, 3.05) is 13.2 Å². The van der Waals surface area contributed by atoms with Gasteiger partial charge < -0.3 is 10.1 Å². The van der Waals surface area contributed by atoms with Gasteiger partial charge in [-0.1, -0.05) is 11.6 Å². The van der Waals surface area contributed by atoms with Gasteiger partial charge >= 0.3 is 0 Å². The van der Waals surface area contributed by atoms with Crippen molar-refractivity contribution >= 4 is 29.2 Å². The fourth-order valence-electron chi connectivity index (χ4n) is 3.54. The Labute approximate surface area is 132 Å². The van der Waals surface area contributed by atoms with Crippen LogP contribution >= 0.6 is 22.9 Å². The number of hydrogen-bond acceptors (Lipinski definition) is 6. The summed E-state index contributed by atoms with van der Waals surface area (Å²) in [6.07, 6.45) is 4.63. The molecule has 1 aromatic heterocycles. The Balaban J connectivity index is 1.69. The van der Waals surface area contributed by atoms with Gasteiger partial charge in [0, 0.05) is 10.9 Å². The molecule has 4 heterocycles. The van der Waals surface area contributed by atoms with E-state index in [-0.39, 0.29) is 17.2 Å². The van der Waals surface area contributed by atoms with Crippen LogP contribution in [0, 0.1) is 0 Å². The molecule has 0 bridgehead atoms. The van der Waals surface area contributed by atoms with Gasteiger partial charge in [-0.25, -0.2) is 0 Å². The van der Waals surface area contributed by atoms with Crippen molar-refractivity contribution in [2.45, 2.75) is 43.4 Å². The smallest absolute Gasteiger partial charge is 0.133 e. The van der Waals surface area contributed by atoms with E-state index in [9.17, 15) is 0 Å². The highest BCUT2D eigenvalue weighted by Crippen LogP contribution is 2.47. The largest absolute Gasteiger partial charge is 0.369 e. The summed E-state index contributed by atoms with van der Waals surface area (Å²) < 4.78 is 7.13. The number of nitrogens with zero attached hydrogens (tertiary/aromatic N) is 3. The first-order valence-electron chi connectivity index (χ1n) is 7.24. The summed E-state index contributed by atoms with van der Waals surface area (Å²) in [4.78, 5) is 1.31. The number of hydrogen-bond donors (Lipinski definition) is 1. The lowest BCUT2D eigenvalue weighted by atomic mass is 9.77. The van der Waals surface area contributed by atoms with E-state index in [2.05, 4.69) is 33.7 Å². The highest BCUT2D eigenvalue weighted by Gasteiger charge is 2.48. The van der Waals surface area contributed by atoms with Crippen molar-refractivity contribution in [3.8, 4) is 0 Å². The molecule has 3 unspecified atom stereocenters. The van der Waals surface area contributed by atoms with Crippen molar-refractivity contribution < 1.29 is 4.74 Å². The number of fused-ring (bicyclic) bond motifs is 2. The van der Waals surface area contributed by atoms with E-state index in [0.29, 0.717) is 0 Å². The molecule has 5 nitrogen and oxygen atoms in total. The maximum atomic E-state index is 6.28. The van der Waals surface area contributed by atoms with Gasteiger partial charge in [-0.3, -0.25) is 0 Å². The minimum Gasteiger partial charge on any atom is -0.369 e. The summed E-state index contributed by atoms with van der Waals surface area (Å²) in [5.74, 6) is 0. The molecule has 3 atom stereocenters. The molecule has 1 fully saturated rings. The fraction of sp³-hybridized carbons (Fsp3) is 0.643. The first kappa shape index (κ1) is 13.8. The molecular formula is C14H17ClN4OS. The third-order valence-electron chi connectivity index (χ3n) is 4.73. The van der Waals surface area contributed by atoms with Gasteiger partial charge in [-0.05, 0) is 49.6 Å². The van der Waals surface area contributed by atoms with Crippen molar-refractivity contribution in [3.63, 3.8) is 0 Å². The number of ether oxygens (including phenoxy) is 1. The number of piperidine rings is 1. The van der Waals surface area contributed by atoms with Crippen molar-refractivity contribution in [2.24, 2.45) is 15.4 Å². The lowest BCUT2D eigenvalue weighted by molar-refractivity contribution is -0.0893. The summed E-state index contributed by atoms with van der Waals surface area (Å²) in [6, 6.07) is 2.27. The van der Waals surface area contributed by atoms with Crippen LogP contribution in [0.3, 0.4) is 0 Å². The van der Waals surface area contributed by atoms with Gasteiger partial charge in [-0.2, -0.15) is 5.11 Å². The zero-order chi connectivity index (χ0) is 14.5. The number of thiophene rings is 1. The Kier molecular flexibility index (Phi) is 3.19. The molecule has 3 aliphatic rings. The van der Waals surface area contributed by atoms with Crippen LogP contribution in [-0.2, 0) is 16.8 Å². The predicted octanol–water partition coefficient (Wildman–Crippen LogP) is 3.13. The fourth-order valence-corrected chi connectivity index (χ4v) is 5.02. The van der Waals surface area contributed by atoms with Crippen LogP contribution in [0.2, 0.25) is 4.34 Å². The summed E-state index contributed by atoms with van der Waals surface area (Å²) in [5, 5.41) is 15.6. The lowest BCUT2D eigenvalue weighted by Gasteiger charge is -2.46. The minimum atomic E-state index is -0.380. The predicted molar refractivity (Wildman–Crippen MR) is 83.4 cm³/mol. The minimum absolute atomic E-state index is 0.174. The number of halogens is 1. The molecule has 0 radical (unpaired) electrons. The van der Waals surface area contributed by atoms with E-state index in [1.807, 2.05) is 6.21 Å². The molecule has 1 aromatic rings. The standard InChI is InChI=1S/C14H17ClN4OS/c1-13(8-17-19-18-13)10-7-14(3-4-16-10)12-9(2-5-20-14)6-11(15)21-12/h6,8,10,16H,2-5,7H2,1H3. The number of rotatable bonds is 1. The topological polar surface area (TPSA) is 58.3 Å². The molecular weight excluding hydrogens is 308 g/mol. The summed E-state index contributed by atoms with van der Waals surface area (Å²) in [6.45, 7) is 3.73. The molecule has 0 aliphatic carbocycles. The molecule has 1 saturated heterocycles. The SMILES string of the molecule is CC1(C2CC3(CCN2)OCCc2cc(Cl)sc23)C=NN=N1. The normalized spacial score (nSPS) is 38.1. The van der Waals surface area contributed by atoms with Gasteiger partial charge in [0.25, 0.3) is 0 Å². The second-order valence-corrected chi connectivity index (χ2v) is 7.80. The zero-order valence-electron chi connectivity index (χ0n) is 11.8. The summed E-state index contributed by atoms with van der Waals surface area (Å²) in [5.41, 5.74) is 0.745. The van der Waals surface area contributed by atoms with Crippen molar-refractivity contribution in [3.05, 3.63) is 20.8 Å². The second-order valence-electron chi connectivity index (χ2n) is 6.12. The molecule has 112 valence electrons. The van der Waals surface area contributed by atoms with E-state index in [1.165, 1.54) is 10.4 Å². The summed E-state index contributed by atoms with van der Waals surface area (Å²) >= 11 is 7.90.